The van der Waals surface area contributed by atoms with Gasteiger partial charge in [0, 0.05) is 0 Å². The highest BCUT2D eigenvalue weighted by atomic mass is 16.5. The van der Waals surface area contributed by atoms with E-state index in [2.05, 4.69) is 18.2 Å². The van der Waals surface area contributed by atoms with Crippen LogP contribution in [0.4, 0.5) is 0 Å². The van der Waals surface area contributed by atoms with E-state index in [0.29, 0.717) is 0 Å². The number of fused-ring (bicyclic) bond motifs is 1. The molecule has 0 atom stereocenters. The van der Waals surface area contributed by atoms with Gasteiger partial charge in [0.05, 0.1) is 6.26 Å². The highest BCUT2D eigenvalue weighted by Gasteiger charge is 1.94. The Hall–Kier alpha value is -1.76. The zero-order valence-corrected chi connectivity index (χ0v) is 8.10. The molecule has 0 unspecified atom stereocenters. The maximum atomic E-state index is 5.38. The van der Waals surface area contributed by atoms with Crippen LogP contribution in [0.5, 0.6) is 5.75 Å². The first kappa shape index (κ1) is 8.82. The van der Waals surface area contributed by atoms with Gasteiger partial charge in [0.15, 0.2) is 0 Å². The van der Waals surface area contributed by atoms with Gasteiger partial charge in [-0.3, -0.25) is 0 Å². The Morgan fingerprint density at radius 1 is 1.00 bits per heavy atom. The average molecular weight is 184 g/mol. The normalized spacial score (nSPS) is 10.9. The van der Waals surface area contributed by atoms with Crippen LogP contribution in [0.3, 0.4) is 0 Å². The Morgan fingerprint density at radius 2 is 1.79 bits per heavy atom. The van der Waals surface area contributed by atoms with Crippen molar-refractivity contribution < 1.29 is 4.74 Å². The van der Waals surface area contributed by atoms with Crippen LogP contribution in [-0.2, 0) is 0 Å². The van der Waals surface area contributed by atoms with Gasteiger partial charge >= 0.3 is 0 Å². The molecule has 14 heavy (non-hydrogen) atoms. The van der Waals surface area contributed by atoms with Gasteiger partial charge in [-0.15, -0.1) is 0 Å². The summed E-state index contributed by atoms with van der Waals surface area (Å²) >= 11 is 0. The van der Waals surface area contributed by atoms with E-state index in [-0.39, 0.29) is 0 Å². The largest absolute Gasteiger partial charge is 0.465 e. The lowest BCUT2D eigenvalue weighted by molar-refractivity contribution is 0.481. The topological polar surface area (TPSA) is 9.23 Å². The van der Waals surface area contributed by atoms with Gasteiger partial charge in [0.25, 0.3) is 0 Å². The molecule has 0 N–H and O–H groups in total. The highest BCUT2D eigenvalue weighted by Crippen LogP contribution is 2.20. The van der Waals surface area contributed by atoms with E-state index in [0.717, 1.165) is 5.75 Å². The Morgan fingerprint density at radius 3 is 2.57 bits per heavy atom. The zero-order valence-electron chi connectivity index (χ0n) is 8.10. The van der Waals surface area contributed by atoms with Crippen molar-refractivity contribution in [1.82, 2.24) is 0 Å². The van der Waals surface area contributed by atoms with Crippen molar-refractivity contribution in [2.75, 3.05) is 0 Å². The molecule has 1 heteroatoms. The summed E-state index contributed by atoms with van der Waals surface area (Å²) in [6.45, 7) is 1.93. The van der Waals surface area contributed by atoms with Crippen LogP contribution >= 0.6 is 0 Å². The Bertz CT molecular complexity index is 457. The molecule has 0 radical (unpaired) electrons. The minimum atomic E-state index is 0.877. The second-order valence-electron chi connectivity index (χ2n) is 3.10. The molecule has 0 bridgehead atoms. The molecule has 1 nitrogen and oxygen atoms in total. The fourth-order valence-electron chi connectivity index (χ4n) is 1.39. The van der Waals surface area contributed by atoms with Gasteiger partial charge in [-0.1, -0.05) is 36.4 Å². The second kappa shape index (κ2) is 3.97. The lowest BCUT2D eigenvalue weighted by Crippen LogP contribution is -1.81. The van der Waals surface area contributed by atoms with E-state index in [9.17, 15) is 0 Å². The maximum absolute atomic E-state index is 5.38. The van der Waals surface area contributed by atoms with E-state index < -0.39 is 0 Å². The molecule has 0 aliphatic carbocycles. The number of allylic oxidation sites excluding steroid dienone is 1. The molecule has 70 valence electrons. The minimum absolute atomic E-state index is 0.877. The summed E-state index contributed by atoms with van der Waals surface area (Å²) in [4.78, 5) is 0. The summed E-state index contributed by atoms with van der Waals surface area (Å²) in [5.74, 6) is 0.877. The molecule has 2 aromatic carbocycles. The molecule has 0 aliphatic heterocycles. The fraction of sp³-hybridized carbons (Fsp3) is 0.0769. The molecule has 0 aliphatic rings. The maximum Gasteiger partial charge on any atom is 0.127 e. The molecule has 2 rings (SSSR count). The SMILES string of the molecule is C/C=C\Oc1ccc2ccccc2c1. The van der Waals surface area contributed by atoms with Gasteiger partial charge in [-0.05, 0) is 29.8 Å². The van der Waals surface area contributed by atoms with Gasteiger partial charge < -0.3 is 4.74 Å². The molecule has 0 heterocycles. The standard InChI is InChI=1S/C13H12O/c1-2-9-14-13-8-7-11-5-3-4-6-12(11)10-13/h2-10H,1H3/b9-2-. The Labute approximate surface area is 83.6 Å². The van der Waals surface area contributed by atoms with Crippen LogP contribution in [0, 0.1) is 0 Å². The van der Waals surface area contributed by atoms with Crippen LogP contribution in [0.15, 0.2) is 54.8 Å². The number of ether oxygens (including phenoxy) is 1. The minimum Gasteiger partial charge on any atom is -0.465 e. The van der Waals surface area contributed by atoms with E-state index in [4.69, 9.17) is 4.74 Å². The Balaban J connectivity index is 2.41. The predicted molar refractivity (Wildman–Crippen MR) is 59.4 cm³/mol. The first-order valence-corrected chi connectivity index (χ1v) is 4.67. The molecule has 0 saturated heterocycles. The third-order valence-electron chi connectivity index (χ3n) is 2.06. The van der Waals surface area contributed by atoms with Gasteiger partial charge in [-0.25, -0.2) is 0 Å². The first-order valence-electron chi connectivity index (χ1n) is 4.67. The van der Waals surface area contributed by atoms with E-state index >= 15 is 0 Å². The third-order valence-corrected chi connectivity index (χ3v) is 2.06. The monoisotopic (exact) mass is 184 g/mol. The number of hydrogen-bond donors (Lipinski definition) is 0. The van der Waals surface area contributed by atoms with Crippen molar-refractivity contribution in [3.63, 3.8) is 0 Å². The molecular formula is C13H12O. The molecule has 0 spiro atoms. The summed E-state index contributed by atoms with van der Waals surface area (Å²) in [6.07, 6.45) is 3.55. The van der Waals surface area contributed by atoms with E-state index in [1.807, 2.05) is 37.3 Å². The average Bonchev–Trinajstić information content (AvgIpc) is 2.26. The summed E-state index contributed by atoms with van der Waals surface area (Å²) in [7, 11) is 0. The summed E-state index contributed by atoms with van der Waals surface area (Å²) in [6, 6.07) is 14.3. The fourth-order valence-corrected chi connectivity index (χ4v) is 1.39. The smallest absolute Gasteiger partial charge is 0.127 e. The van der Waals surface area contributed by atoms with Gasteiger partial charge in [0.1, 0.15) is 5.75 Å². The van der Waals surface area contributed by atoms with Gasteiger partial charge in [-0.2, -0.15) is 0 Å². The summed E-state index contributed by atoms with van der Waals surface area (Å²) in [5.41, 5.74) is 0. The molecule has 0 aromatic heterocycles. The van der Waals surface area contributed by atoms with Crippen molar-refractivity contribution in [2.24, 2.45) is 0 Å². The molecule has 0 amide bonds. The Kier molecular flexibility index (Phi) is 2.50. The highest BCUT2D eigenvalue weighted by molar-refractivity contribution is 5.83. The lowest BCUT2D eigenvalue weighted by Gasteiger charge is -2.01. The molecule has 0 saturated carbocycles. The quantitative estimate of drug-likeness (QED) is 0.646. The van der Waals surface area contributed by atoms with Crippen molar-refractivity contribution in [2.45, 2.75) is 6.92 Å². The molecular weight excluding hydrogens is 172 g/mol. The number of rotatable bonds is 2. The van der Waals surface area contributed by atoms with Crippen molar-refractivity contribution >= 4 is 10.8 Å². The first-order chi connectivity index (χ1) is 6.90. The van der Waals surface area contributed by atoms with E-state index in [1.165, 1.54) is 10.8 Å². The van der Waals surface area contributed by atoms with Crippen LogP contribution in [-0.4, -0.2) is 0 Å². The lowest BCUT2D eigenvalue weighted by atomic mass is 10.1. The predicted octanol–water partition coefficient (Wildman–Crippen LogP) is 3.75. The van der Waals surface area contributed by atoms with Crippen LogP contribution in [0.25, 0.3) is 10.8 Å². The second-order valence-corrected chi connectivity index (χ2v) is 3.10. The van der Waals surface area contributed by atoms with Crippen LogP contribution in [0.1, 0.15) is 6.92 Å². The van der Waals surface area contributed by atoms with Crippen LogP contribution in [0.2, 0.25) is 0 Å². The third kappa shape index (κ3) is 1.77. The van der Waals surface area contributed by atoms with E-state index in [1.54, 1.807) is 6.26 Å². The zero-order chi connectivity index (χ0) is 9.80. The summed E-state index contributed by atoms with van der Waals surface area (Å²) in [5, 5.41) is 2.44. The van der Waals surface area contributed by atoms with Crippen molar-refractivity contribution in [3.05, 3.63) is 54.8 Å². The molecule has 2 aromatic rings. The number of benzene rings is 2. The van der Waals surface area contributed by atoms with Gasteiger partial charge in [0.2, 0.25) is 0 Å². The van der Waals surface area contributed by atoms with Crippen molar-refractivity contribution in [3.8, 4) is 5.75 Å². The van der Waals surface area contributed by atoms with Crippen LogP contribution < -0.4 is 4.74 Å². The molecule has 0 fully saturated rings. The van der Waals surface area contributed by atoms with Crippen molar-refractivity contribution in [1.29, 1.82) is 0 Å². The summed E-state index contributed by atoms with van der Waals surface area (Å²) < 4.78 is 5.38. The number of hydrogen-bond acceptors (Lipinski definition) is 1.